The van der Waals surface area contributed by atoms with E-state index in [0.29, 0.717) is 19.4 Å². The molecular weight excluding hydrogens is 212 g/mol. The van der Waals surface area contributed by atoms with Gasteiger partial charge in [-0.2, -0.15) is 5.10 Å². The van der Waals surface area contributed by atoms with Gasteiger partial charge in [0.05, 0.1) is 5.69 Å². The number of aryl methyl sites for hydroxylation is 1. The lowest BCUT2D eigenvalue weighted by molar-refractivity contribution is -0.0514. The molecule has 0 unspecified atom stereocenters. The van der Waals surface area contributed by atoms with Crippen LogP contribution in [0.5, 0.6) is 0 Å². The first-order chi connectivity index (χ1) is 7.47. The summed E-state index contributed by atoms with van der Waals surface area (Å²) in [5.41, 5.74) is 6.28. The van der Waals surface area contributed by atoms with Crippen molar-refractivity contribution in [2.45, 2.75) is 37.0 Å². The van der Waals surface area contributed by atoms with Crippen molar-refractivity contribution in [1.29, 1.82) is 0 Å². The third-order valence-electron chi connectivity index (χ3n) is 3.59. The van der Waals surface area contributed by atoms with Crippen LogP contribution in [-0.4, -0.2) is 22.2 Å². The van der Waals surface area contributed by atoms with E-state index in [1.54, 1.807) is 4.68 Å². The Labute approximate surface area is 93.6 Å². The molecule has 5 heteroatoms. The van der Waals surface area contributed by atoms with E-state index in [1.165, 1.54) is 0 Å². The van der Waals surface area contributed by atoms with Crippen LogP contribution in [-0.2, 0) is 12.5 Å². The van der Waals surface area contributed by atoms with Gasteiger partial charge in [0.2, 0.25) is 5.92 Å². The zero-order valence-corrected chi connectivity index (χ0v) is 9.42. The summed E-state index contributed by atoms with van der Waals surface area (Å²) in [6, 6.07) is 1.89. The van der Waals surface area contributed by atoms with Gasteiger partial charge in [0, 0.05) is 38.0 Å². The lowest BCUT2D eigenvalue weighted by atomic mass is 9.71. The van der Waals surface area contributed by atoms with Crippen LogP contribution >= 0.6 is 0 Å². The van der Waals surface area contributed by atoms with Gasteiger partial charge in [-0.3, -0.25) is 4.68 Å². The molecule has 16 heavy (non-hydrogen) atoms. The number of nitrogens with zero attached hydrogens (tertiary/aromatic N) is 2. The maximum absolute atomic E-state index is 13.1. The Bertz CT molecular complexity index is 363. The molecule has 3 nitrogen and oxygen atoms in total. The highest BCUT2D eigenvalue weighted by Gasteiger charge is 2.44. The number of hydrogen-bond donors (Lipinski definition) is 1. The molecule has 90 valence electrons. The molecule has 0 atom stereocenters. The van der Waals surface area contributed by atoms with Crippen LogP contribution in [0, 0.1) is 0 Å². The van der Waals surface area contributed by atoms with Gasteiger partial charge in [0.1, 0.15) is 0 Å². The van der Waals surface area contributed by atoms with Crippen molar-refractivity contribution in [3.05, 3.63) is 18.0 Å². The Morgan fingerprint density at radius 1 is 1.38 bits per heavy atom. The fourth-order valence-electron chi connectivity index (χ4n) is 2.36. The van der Waals surface area contributed by atoms with Crippen molar-refractivity contribution >= 4 is 0 Å². The van der Waals surface area contributed by atoms with Crippen LogP contribution in [0.2, 0.25) is 0 Å². The van der Waals surface area contributed by atoms with E-state index in [1.807, 2.05) is 19.3 Å². The van der Waals surface area contributed by atoms with Crippen LogP contribution in [0.3, 0.4) is 0 Å². The molecule has 2 rings (SSSR count). The van der Waals surface area contributed by atoms with Crippen LogP contribution in [0.15, 0.2) is 12.3 Å². The Morgan fingerprint density at radius 3 is 2.44 bits per heavy atom. The topological polar surface area (TPSA) is 43.8 Å². The lowest BCUT2D eigenvalue weighted by Gasteiger charge is -2.38. The molecule has 1 aromatic rings. The Hall–Kier alpha value is -0.970. The smallest absolute Gasteiger partial charge is 0.248 e. The molecule has 1 heterocycles. The molecule has 1 aromatic heterocycles. The standard InChI is InChI=1S/C11H17F2N3/c1-16-7-2-9(15-16)10(8-14)3-5-11(12,13)6-4-10/h2,7H,3-6,8,14H2,1H3. The van der Waals surface area contributed by atoms with Gasteiger partial charge in [-0.05, 0) is 18.9 Å². The molecule has 0 aromatic carbocycles. The molecular formula is C11H17F2N3. The molecule has 1 fully saturated rings. The molecule has 1 aliphatic rings. The van der Waals surface area contributed by atoms with Crippen molar-refractivity contribution in [2.75, 3.05) is 6.54 Å². The number of alkyl halides is 2. The van der Waals surface area contributed by atoms with E-state index in [9.17, 15) is 8.78 Å². The second-order valence-electron chi connectivity index (χ2n) is 4.72. The normalized spacial score (nSPS) is 23.2. The monoisotopic (exact) mass is 229 g/mol. The predicted molar refractivity (Wildman–Crippen MR) is 57.4 cm³/mol. The quantitative estimate of drug-likeness (QED) is 0.840. The van der Waals surface area contributed by atoms with Crippen LogP contribution in [0.4, 0.5) is 8.78 Å². The van der Waals surface area contributed by atoms with Gasteiger partial charge in [0.25, 0.3) is 0 Å². The average molecular weight is 229 g/mol. The molecule has 0 radical (unpaired) electrons. The molecule has 1 aliphatic carbocycles. The number of halogens is 2. The van der Waals surface area contributed by atoms with Crippen molar-refractivity contribution in [3.8, 4) is 0 Å². The van der Waals surface area contributed by atoms with E-state index in [0.717, 1.165) is 5.69 Å². The zero-order valence-electron chi connectivity index (χ0n) is 9.42. The summed E-state index contributed by atoms with van der Waals surface area (Å²) in [6.07, 6.45) is 2.52. The molecule has 0 spiro atoms. The van der Waals surface area contributed by atoms with E-state index >= 15 is 0 Å². The molecule has 0 amide bonds. The predicted octanol–water partition coefficient (Wildman–Crippen LogP) is 1.83. The SMILES string of the molecule is Cn1ccc(C2(CN)CCC(F)(F)CC2)n1. The largest absolute Gasteiger partial charge is 0.330 e. The van der Waals surface area contributed by atoms with Crippen molar-refractivity contribution in [3.63, 3.8) is 0 Å². The number of rotatable bonds is 2. The fraction of sp³-hybridized carbons (Fsp3) is 0.727. The van der Waals surface area contributed by atoms with Crippen molar-refractivity contribution in [1.82, 2.24) is 9.78 Å². The van der Waals surface area contributed by atoms with Crippen LogP contribution in [0.25, 0.3) is 0 Å². The number of nitrogens with two attached hydrogens (primary N) is 1. The molecule has 0 bridgehead atoms. The first kappa shape index (κ1) is 11.5. The minimum Gasteiger partial charge on any atom is -0.330 e. The Morgan fingerprint density at radius 2 is 2.00 bits per heavy atom. The second kappa shape index (κ2) is 3.80. The van der Waals surface area contributed by atoms with E-state index in [-0.39, 0.29) is 18.3 Å². The highest BCUT2D eigenvalue weighted by atomic mass is 19.3. The highest BCUT2D eigenvalue weighted by Crippen LogP contribution is 2.44. The first-order valence-electron chi connectivity index (χ1n) is 5.56. The summed E-state index contributed by atoms with van der Waals surface area (Å²) in [7, 11) is 1.82. The summed E-state index contributed by atoms with van der Waals surface area (Å²) in [6.45, 7) is 0.389. The maximum Gasteiger partial charge on any atom is 0.248 e. The van der Waals surface area contributed by atoms with Crippen LogP contribution in [0.1, 0.15) is 31.4 Å². The number of hydrogen-bond acceptors (Lipinski definition) is 2. The summed E-state index contributed by atoms with van der Waals surface area (Å²) in [5.74, 6) is -2.52. The Kier molecular flexibility index (Phi) is 2.74. The van der Waals surface area contributed by atoms with Crippen molar-refractivity contribution in [2.24, 2.45) is 12.8 Å². The summed E-state index contributed by atoms with van der Waals surface area (Å²) in [5, 5.41) is 4.32. The van der Waals surface area contributed by atoms with Gasteiger partial charge in [-0.1, -0.05) is 0 Å². The first-order valence-corrected chi connectivity index (χ1v) is 5.56. The molecule has 1 saturated carbocycles. The minimum atomic E-state index is -2.52. The van der Waals surface area contributed by atoms with E-state index in [4.69, 9.17) is 5.73 Å². The van der Waals surface area contributed by atoms with Gasteiger partial charge in [0.15, 0.2) is 0 Å². The van der Waals surface area contributed by atoms with Gasteiger partial charge < -0.3 is 5.73 Å². The third kappa shape index (κ3) is 1.96. The molecule has 0 saturated heterocycles. The summed E-state index contributed by atoms with van der Waals surface area (Å²) >= 11 is 0. The summed E-state index contributed by atoms with van der Waals surface area (Å²) < 4.78 is 28.0. The van der Waals surface area contributed by atoms with Gasteiger partial charge in [-0.15, -0.1) is 0 Å². The molecule has 0 aliphatic heterocycles. The lowest BCUT2D eigenvalue weighted by Crippen LogP contribution is -2.42. The third-order valence-corrected chi connectivity index (χ3v) is 3.59. The summed E-state index contributed by atoms with van der Waals surface area (Å²) in [4.78, 5) is 0. The average Bonchev–Trinajstić information content (AvgIpc) is 2.66. The molecule has 2 N–H and O–H groups in total. The van der Waals surface area contributed by atoms with E-state index < -0.39 is 5.92 Å². The van der Waals surface area contributed by atoms with Gasteiger partial charge in [-0.25, -0.2) is 8.78 Å². The maximum atomic E-state index is 13.1. The van der Waals surface area contributed by atoms with E-state index in [2.05, 4.69) is 5.10 Å². The number of aromatic nitrogens is 2. The van der Waals surface area contributed by atoms with Crippen molar-refractivity contribution < 1.29 is 8.78 Å². The minimum absolute atomic E-state index is 0.0826. The zero-order chi connectivity index (χ0) is 11.8. The fourth-order valence-corrected chi connectivity index (χ4v) is 2.36. The Balaban J connectivity index is 2.22. The highest BCUT2D eigenvalue weighted by molar-refractivity contribution is 5.18. The van der Waals surface area contributed by atoms with Gasteiger partial charge >= 0.3 is 0 Å². The van der Waals surface area contributed by atoms with Crippen LogP contribution < -0.4 is 5.73 Å². The second-order valence-corrected chi connectivity index (χ2v) is 4.72.